The van der Waals surface area contributed by atoms with E-state index >= 15 is 0 Å². The van der Waals surface area contributed by atoms with Gasteiger partial charge in [0, 0.05) is 0 Å². The number of thiocarbonyl (C=S) groups is 1. The Morgan fingerprint density at radius 3 is 2.61 bits per heavy atom. The van der Waals surface area contributed by atoms with Gasteiger partial charge in [0.1, 0.15) is 12.4 Å². The van der Waals surface area contributed by atoms with E-state index in [2.05, 4.69) is 15.4 Å². The second-order valence-corrected chi connectivity index (χ2v) is 3.94. The lowest BCUT2D eigenvalue weighted by atomic mass is 10.2. The number of amides is 1. The van der Waals surface area contributed by atoms with Gasteiger partial charge in [0.2, 0.25) is 0 Å². The first-order valence-electron chi connectivity index (χ1n) is 5.44. The van der Waals surface area contributed by atoms with Crippen LogP contribution in [0.3, 0.4) is 0 Å². The van der Waals surface area contributed by atoms with E-state index in [0.29, 0.717) is 13.2 Å². The Balaban J connectivity index is 2.17. The highest BCUT2D eigenvalue weighted by atomic mass is 32.1. The van der Waals surface area contributed by atoms with Gasteiger partial charge in [-0.05, 0) is 31.3 Å². The van der Waals surface area contributed by atoms with E-state index in [1.165, 1.54) is 12.7 Å². The van der Waals surface area contributed by atoms with Gasteiger partial charge >= 0.3 is 6.09 Å². The molecule has 0 aliphatic heterocycles. The first-order valence-corrected chi connectivity index (χ1v) is 5.85. The summed E-state index contributed by atoms with van der Waals surface area (Å²) in [5.41, 5.74) is 1.18. The summed E-state index contributed by atoms with van der Waals surface area (Å²) in [5, 5.41) is 5.38. The highest BCUT2D eigenvalue weighted by Crippen LogP contribution is 2.10. The molecule has 0 aliphatic carbocycles. The molecule has 1 aromatic carbocycles. The van der Waals surface area contributed by atoms with Crippen molar-refractivity contribution in [3.05, 3.63) is 29.8 Å². The number of benzene rings is 1. The van der Waals surface area contributed by atoms with Crippen molar-refractivity contribution in [2.24, 2.45) is 0 Å². The summed E-state index contributed by atoms with van der Waals surface area (Å²) < 4.78 is 9.88. The van der Waals surface area contributed by atoms with Gasteiger partial charge in [0.15, 0.2) is 5.11 Å². The van der Waals surface area contributed by atoms with E-state index in [0.717, 1.165) is 5.75 Å². The van der Waals surface area contributed by atoms with Crippen LogP contribution in [0.25, 0.3) is 0 Å². The molecular weight excluding hydrogens is 252 g/mol. The summed E-state index contributed by atoms with van der Waals surface area (Å²) in [4.78, 5) is 10.8. The Hall–Kier alpha value is -1.82. The number of hydrogen-bond acceptors (Lipinski definition) is 4. The van der Waals surface area contributed by atoms with Crippen LogP contribution in [-0.4, -0.2) is 31.5 Å². The third-order valence-corrected chi connectivity index (χ3v) is 2.32. The van der Waals surface area contributed by atoms with Gasteiger partial charge in [-0.15, -0.1) is 0 Å². The molecular formula is C12H16N2O3S. The molecule has 0 bridgehead atoms. The lowest BCUT2D eigenvalue weighted by Crippen LogP contribution is -2.40. The number of hydrogen-bond donors (Lipinski definition) is 2. The first kappa shape index (κ1) is 14.2. The molecule has 0 saturated heterocycles. The maximum Gasteiger partial charge on any atom is 0.413 e. The lowest BCUT2D eigenvalue weighted by Gasteiger charge is -2.09. The van der Waals surface area contributed by atoms with E-state index in [9.17, 15) is 4.79 Å². The van der Waals surface area contributed by atoms with E-state index in [1.807, 2.05) is 31.2 Å². The molecule has 5 nitrogen and oxygen atoms in total. The van der Waals surface area contributed by atoms with Crippen molar-refractivity contribution in [2.75, 3.05) is 20.3 Å². The zero-order chi connectivity index (χ0) is 13.4. The molecule has 0 atom stereocenters. The molecule has 0 spiro atoms. The minimum atomic E-state index is -0.591. The molecule has 1 rings (SSSR count). The number of methoxy groups -OCH3 is 1. The normalized spacial score (nSPS) is 9.44. The molecule has 0 aliphatic rings. The van der Waals surface area contributed by atoms with Crippen LogP contribution >= 0.6 is 12.2 Å². The molecule has 0 saturated carbocycles. The van der Waals surface area contributed by atoms with Crippen LogP contribution < -0.4 is 15.4 Å². The Labute approximate surface area is 111 Å². The summed E-state index contributed by atoms with van der Waals surface area (Å²) in [6.45, 7) is 2.96. The largest absolute Gasteiger partial charge is 0.492 e. The smallest absolute Gasteiger partial charge is 0.413 e. The average Bonchev–Trinajstić information content (AvgIpc) is 2.36. The molecule has 0 heterocycles. The molecule has 2 N–H and O–H groups in total. The monoisotopic (exact) mass is 268 g/mol. The van der Waals surface area contributed by atoms with Gasteiger partial charge in [-0.1, -0.05) is 17.7 Å². The molecule has 0 radical (unpaired) electrons. The fourth-order valence-corrected chi connectivity index (χ4v) is 1.34. The predicted molar refractivity (Wildman–Crippen MR) is 72.8 cm³/mol. The summed E-state index contributed by atoms with van der Waals surface area (Å²) in [5.74, 6) is 0.800. The summed E-state index contributed by atoms with van der Waals surface area (Å²) in [7, 11) is 1.28. The fourth-order valence-electron chi connectivity index (χ4n) is 1.16. The number of carbonyl (C=O) groups excluding carboxylic acids is 1. The summed E-state index contributed by atoms with van der Waals surface area (Å²) >= 11 is 4.87. The molecule has 18 heavy (non-hydrogen) atoms. The van der Waals surface area contributed by atoms with Crippen LogP contribution in [0.2, 0.25) is 0 Å². The third-order valence-electron chi connectivity index (χ3n) is 2.08. The predicted octanol–water partition coefficient (Wildman–Crippen LogP) is 1.60. The van der Waals surface area contributed by atoms with Crippen molar-refractivity contribution in [1.29, 1.82) is 0 Å². The maximum atomic E-state index is 10.8. The molecule has 98 valence electrons. The van der Waals surface area contributed by atoms with Crippen molar-refractivity contribution >= 4 is 23.4 Å². The van der Waals surface area contributed by atoms with Crippen molar-refractivity contribution in [1.82, 2.24) is 10.6 Å². The number of rotatable bonds is 4. The molecule has 0 unspecified atom stereocenters. The van der Waals surface area contributed by atoms with Crippen molar-refractivity contribution in [3.63, 3.8) is 0 Å². The first-order chi connectivity index (χ1) is 8.61. The third kappa shape index (κ3) is 5.49. The summed E-state index contributed by atoms with van der Waals surface area (Å²) in [6.07, 6.45) is -0.591. The lowest BCUT2D eigenvalue weighted by molar-refractivity contribution is 0.176. The van der Waals surface area contributed by atoms with Crippen molar-refractivity contribution in [2.45, 2.75) is 6.92 Å². The van der Waals surface area contributed by atoms with Crippen LogP contribution in [0.1, 0.15) is 5.56 Å². The number of alkyl carbamates (subject to hydrolysis) is 1. The van der Waals surface area contributed by atoms with Crippen LogP contribution in [0.5, 0.6) is 5.75 Å². The summed E-state index contributed by atoms with van der Waals surface area (Å²) in [6, 6.07) is 7.76. The van der Waals surface area contributed by atoms with Gasteiger partial charge in [0.25, 0.3) is 0 Å². The fraction of sp³-hybridized carbons (Fsp3) is 0.333. The highest BCUT2D eigenvalue weighted by molar-refractivity contribution is 7.80. The standard InChI is InChI=1S/C12H16N2O3S/c1-9-3-5-10(6-4-9)17-8-7-13-11(18)14-12(15)16-2/h3-6H,7-8H2,1-2H3,(H2,13,14,15,18). The quantitative estimate of drug-likeness (QED) is 0.641. The van der Waals surface area contributed by atoms with Gasteiger partial charge in [-0.2, -0.15) is 0 Å². The Morgan fingerprint density at radius 2 is 2.00 bits per heavy atom. The number of carbonyl (C=O) groups is 1. The SMILES string of the molecule is COC(=O)NC(=S)NCCOc1ccc(C)cc1. The molecule has 6 heteroatoms. The van der Waals surface area contributed by atoms with Gasteiger partial charge in [-0.25, -0.2) is 4.79 Å². The van der Waals surface area contributed by atoms with Gasteiger partial charge in [0.05, 0.1) is 13.7 Å². The highest BCUT2D eigenvalue weighted by Gasteiger charge is 2.01. The minimum Gasteiger partial charge on any atom is -0.492 e. The number of ether oxygens (including phenoxy) is 2. The zero-order valence-corrected chi connectivity index (χ0v) is 11.2. The number of aryl methyl sites for hydroxylation is 1. The number of nitrogens with one attached hydrogen (secondary N) is 2. The Kier molecular flexibility index (Phi) is 5.93. The van der Waals surface area contributed by atoms with Gasteiger partial charge < -0.3 is 14.8 Å². The average molecular weight is 268 g/mol. The van der Waals surface area contributed by atoms with Crippen molar-refractivity contribution < 1.29 is 14.3 Å². The van der Waals surface area contributed by atoms with E-state index in [1.54, 1.807) is 0 Å². The minimum absolute atomic E-state index is 0.217. The second-order valence-electron chi connectivity index (χ2n) is 3.53. The van der Waals surface area contributed by atoms with Gasteiger partial charge in [-0.3, -0.25) is 5.32 Å². The Bertz CT molecular complexity index is 406. The van der Waals surface area contributed by atoms with Crippen LogP contribution in [0, 0.1) is 6.92 Å². The molecule has 0 aromatic heterocycles. The van der Waals surface area contributed by atoms with Crippen LogP contribution in [-0.2, 0) is 4.74 Å². The Morgan fingerprint density at radius 1 is 1.33 bits per heavy atom. The van der Waals surface area contributed by atoms with E-state index in [-0.39, 0.29) is 5.11 Å². The van der Waals surface area contributed by atoms with Crippen LogP contribution in [0.4, 0.5) is 4.79 Å². The van der Waals surface area contributed by atoms with Crippen LogP contribution in [0.15, 0.2) is 24.3 Å². The molecule has 1 amide bonds. The maximum absolute atomic E-state index is 10.8. The topological polar surface area (TPSA) is 59.6 Å². The molecule has 0 fully saturated rings. The molecule has 1 aromatic rings. The zero-order valence-electron chi connectivity index (χ0n) is 10.4. The van der Waals surface area contributed by atoms with E-state index < -0.39 is 6.09 Å². The second kappa shape index (κ2) is 7.50. The van der Waals surface area contributed by atoms with Crippen molar-refractivity contribution in [3.8, 4) is 5.75 Å². The van der Waals surface area contributed by atoms with E-state index in [4.69, 9.17) is 17.0 Å².